The quantitative estimate of drug-likeness (QED) is 0.438. The lowest BCUT2D eigenvalue weighted by molar-refractivity contribution is -0.384. The van der Waals surface area contributed by atoms with Crippen molar-refractivity contribution < 1.29 is 10.0 Å². The summed E-state index contributed by atoms with van der Waals surface area (Å²) in [5, 5.41) is 27.2. The number of non-ortho nitro benzene ring substituents is 1. The Morgan fingerprint density at radius 1 is 1.25 bits per heavy atom. The van der Waals surface area contributed by atoms with Crippen LogP contribution >= 0.6 is 12.2 Å². The maximum atomic E-state index is 10.6. The Hall–Kier alpha value is -2.51. The van der Waals surface area contributed by atoms with Gasteiger partial charge in [-0.2, -0.15) is 0 Å². The molecule has 7 heteroatoms. The number of hydrogen-bond acceptors (Lipinski definition) is 4. The number of nitro groups is 1. The molecule has 0 radical (unpaired) electrons. The number of hydrogen-bond donors (Lipinski definition) is 3. The molecule has 0 fully saturated rings. The number of aliphatic hydroxyl groups is 1. The van der Waals surface area contributed by atoms with E-state index in [1.54, 1.807) is 0 Å². The van der Waals surface area contributed by atoms with Gasteiger partial charge >= 0.3 is 0 Å². The largest absolute Gasteiger partial charge is 0.387 e. The van der Waals surface area contributed by atoms with Crippen molar-refractivity contribution in [3.05, 3.63) is 69.3 Å². The standard InChI is InChI=1S/C17H19N3O3S/c1-11-3-8-15(12(2)9-11)19-17(24)18-10-16(21)13-4-6-14(7-5-13)20(22)23/h3-9,16,21H,10H2,1-2H3,(H2,18,19,24). The monoisotopic (exact) mass is 345 g/mol. The van der Waals surface area contributed by atoms with Crippen molar-refractivity contribution in [3.8, 4) is 0 Å². The van der Waals surface area contributed by atoms with Crippen LogP contribution in [0.3, 0.4) is 0 Å². The van der Waals surface area contributed by atoms with Crippen molar-refractivity contribution in [3.63, 3.8) is 0 Å². The molecule has 2 rings (SSSR count). The van der Waals surface area contributed by atoms with Crippen LogP contribution < -0.4 is 10.6 Å². The average Bonchev–Trinajstić information content (AvgIpc) is 2.55. The molecule has 0 amide bonds. The van der Waals surface area contributed by atoms with E-state index in [9.17, 15) is 15.2 Å². The van der Waals surface area contributed by atoms with E-state index in [1.807, 2.05) is 26.0 Å². The Labute approximate surface area is 145 Å². The highest BCUT2D eigenvalue weighted by atomic mass is 32.1. The highest BCUT2D eigenvalue weighted by Gasteiger charge is 2.11. The van der Waals surface area contributed by atoms with Gasteiger partial charge in [-0.05, 0) is 55.4 Å². The SMILES string of the molecule is Cc1ccc(NC(=S)NCC(O)c2ccc([N+](=O)[O-])cc2)c(C)c1. The maximum Gasteiger partial charge on any atom is 0.269 e. The molecule has 0 saturated heterocycles. The summed E-state index contributed by atoms with van der Waals surface area (Å²) in [5.41, 5.74) is 3.73. The summed E-state index contributed by atoms with van der Waals surface area (Å²) in [6, 6.07) is 11.8. The van der Waals surface area contributed by atoms with Crippen LogP contribution in [0.4, 0.5) is 11.4 Å². The van der Waals surface area contributed by atoms with Crippen molar-refractivity contribution >= 4 is 28.7 Å². The van der Waals surface area contributed by atoms with Crippen LogP contribution in [0.25, 0.3) is 0 Å². The van der Waals surface area contributed by atoms with Gasteiger partial charge in [-0.3, -0.25) is 10.1 Å². The predicted octanol–water partition coefficient (Wildman–Crippen LogP) is 3.23. The molecule has 24 heavy (non-hydrogen) atoms. The summed E-state index contributed by atoms with van der Waals surface area (Å²) in [5.74, 6) is 0. The van der Waals surface area contributed by atoms with E-state index >= 15 is 0 Å². The van der Waals surface area contributed by atoms with Gasteiger partial charge in [-0.25, -0.2) is 0 Å². The van der Waals surface area contributed by atoms with Gasteiger partial charge in [0, 0.05) is 24.4 Å². The van der Waals surface area contributed by atoms with Crippen LogP contribution in [0, 0.1) is 24.0 Å². The van der Waals surface area contributed by atoms with Crippen LogP contribution in [0.1, 0.15) is 22.8 Å². The third-order valence-electron chi connectivity index (χ3n) is 3.57. The number of thiocarbonyl (C=S) groups is 1. The predicted molar refractivity (Wildman–Crippen MR) is 98.2 cm³/mol. The van der Waals surface area contributed by atoms with Gasteiger partial charge in [0.2, 0.25) is 0 Å². The van der Waals surface area contributed by atoms with Gasteiger partial charge < -0.3 is 15.7 Å². The fourth-order valence-corrected chi connectivity index (χ4v) is 2.44. The van der Waals surface area contributed by atoms with Crippen molar-refractivity contribution in [1.29, 1.82) is 0 Å². The van der Waals surface area contributed by atoms with E-state index < -0.39 is 11.0 Å². The van der Waals surface area contributed by atoms with Crippen LogP contribution in [-0.2, 0) is 0 Å². The molecule has 2 aromatic carbocycles. The molecule has 3 N–H and O–H groups in total. The first kappa shape index (κ1) is 17.8. The number of nitrogens with zero attached hydrogens (tertiary/aromatic N) is 1. The molecule has 0 heterocycles. The highest BCUT2D eigenvalue weighted by Crippen LogP contribution is 2.18. The van der Waals surface area contributed by atoms with E-state index in [2.05, 4.69) is 16.7 Å². The van der Waals surface area contributed by atoms with E-state index in [4.69, 9.17) is 12.2 Å². The smallest absolute Gasteiger partial charge is 0.269 e. The summed E-state index contributed by atoms with van der Waals surface area (Å²) in [7, 11) is 0. The zero-order chi connectivity index (χ0) is 17.7. The molecule has 0 aromatic heterocycles. The molecule has 0 aliphatic carbocycles. The molecule has 1 unspecified atom stereocenters. The Morgan fingerprint density at radius 3 is 2.50 bits per heavy atom. The second-order valence-corrected chi connectivity index (χ2v) is 5.93. The number of aryl methyl sites for hydroxylation is 2. The normalized spacial score (nSPS) is 11.6. The average molecular weight is 345 g/mol. The van der Waals surface area contributed by atoms with Crippen molar-refractivity contribution in [1.82, 2.24) is 5.32 Å². The van der Waals surface area contributed by atoms with Crippen LogP contribution in [0.15, 0.2) is 42.5 Å². The molecule has 0 bridgehead atoms. The fraction of sp³-hybridized carbons (Fsp3) is 0.235. The van der Waals surface area contributed by atoms with Gasteiger partial charge in [-0.15, -0.1) is 0 Å². The van der Waals surface area contributed by atoms with Gasteiger partial charge in [0.1, 0.15) is 0 Å². The third kappa shape index (κ3) is 4.74. The minimum atomic E-state index is -0.815. The molecule has 0 saturated carbocycles. The van der Waals surface area contributed by atoms with Crippen molar-refractivity contribution in [2.24, 2.45) is 0 Å². The van der Waals surface area contributed by atoms with Crippen molar-refractivity contribution in [2.75, 3.05) is 11.9 Å². The maximum absolute atomic E-state index is 10.6. The van der Waals surface area contributed by atoms with Crippen molar-refractivity contribution in [2.45, 2.75) is 20.0 Å². The van der Waals surface area contributed by atoms with E-state index in [1.165, 1.54) is 29.8 Å². The molecule has 6 nitrogen and oxygen atoms in total. The summed E-state index contributed by atoms with van der Waals surface area (Å²) in [6.45, 7) is 4.21. The third-order valence-corrected chi connectivity index (χ3v) is 3.82. The first-order chi connectivity index (χ1) is 11.4. The first-order valence-corrected chi connectivity index (χ1v) is 7.82. The van der Waals surface area contributed by atoms with Gasteiger partial charge in [0.15, 0.2) is 5.11 Å². The Kier molecular flexibility index (Phi) is 5.83. The summed E-state index contributed by atoms with van der Waals surface area (Å²) in [6.07, 6.45) is -0.815. The number of benzene rings is 2. The van der Waals surface area contributed by atoms with Gasteiger partial charge in [-0.1, -0.05) is 17.7 Å². The fourth-order valence-electron chi connectivity index (χ4n) is 2.25. The van der Waals surface area contributed by atoms with E-state index in [-0.39, 0.29) is 12.2 Å². The van der Waals surface area contributed by atoms with Crippen LogP contribution in [0.5, 0.6) is 0 Å². The second-order valence-electron chi connectivity index (χ2n) is 5.52. The number of rotatable bonds is 5. The lowest BCUT2D eigenvalue weighted by Crippen LogP contribution is -2.32. The molecule has 126 valence electrons. The van der Waals surface area contributed by atoms with E-state index in [0.717, 1.165) is 11.3 Å². The minimum Gasteiger partial charge on any atom is -0.387 e. The molecule has 0 aliphatic heterocycles. The van der Waals surface area contributed by atoms with Gasteiger partial charge in [0.05, 0.1) is 11.0 Å². The number of anilines is 1. The molecular formula is C17H19N3O3S. The zero-order valence-corrected chi connectivity index (χ0v) is 14.3. The van der Waals surface area contributed by atoms with E-state index in [0.29, 0.717) is 10.7 Å². The molecular weight excluding hydrogens is 326 g/mol. The molecule has 0 spiro atoms. The number of nitrogens with one attached hydrogen (secondary N) is 2. The number of aliphatic hydroxyl groups excluding tert-OH is 1. The van der Waals surface area contributed by atoms with Crippen LogP contribution in [0.2, 0.25) is 0 Å². The topological polar surface area (TPSA) is 87.4 Å². The lowest BCUT2D eigenvalue weighted by Gasteiger charge is -2.16. The zero-order valence-electron chi connectivity index (χ0n) is 13.4. The lowest BCUT2D eigenvalue weighted by atomic mass is 10.1. The first-order valence-electron chi connectivity index (χ1n) is 7.41. The molecule has 1 atom stereocenters. The molecule has 0 aliphatic rings. The highest BCUT2D eigenvalue weighted by molar-refractivity contribution is 7.80. The van der Waals surface area contributed by atoms with Crippen LogP contribution in [-0.4, -0.2) is 21.7 Å². The number of nitro benzene ring substituents is 1. The summed E-state index contributed by atoms with van der Waals surface area (Å²) in [4.78, 5) is 10.1. The summed E-state index contributed by atoms with van der Waals surface area (Å²) >= 11 is 5.23. The Morgan fingerprint density at radius 2 is 1.92 bits per heavy atom. The Bertz CT molecular complexity index is 747. The summed E-state index contributed by atoms with van der Waals surface area (Å²) < 4.78 is 0. The molecule has 2 aromatic rings. The second kappa shape index (κ2) is 7.85. The Balaban J connectivity index is 1.89. The van der Waals surface area contributed by atoms with Gasteiger partial charge in [0.25, 0.3) is 5.69 Å². The minimum absolute atomic E-state index is 0.00839.